The molecule has 1 atom stereocenters. The van der Waals surface area contributed by atoms with E-state index in [1.54, 1.807) is 12.1 Å². The third-order valence-corrected chi connectivity index (χ3v) is 3.27. The van der Waals surface area contributed by atoms with Crippen molar-refractivity contribution in [3.8, 4) is 0 Å². The Balaban J connectivity index is 2.85. The second-order valence-electron chi connectivity index (χ2n) is 6.42. The summed E-state index contributed by atoms with van der Waals surface area (Å²) in [6.07, 6.45) is 0. The molecule has 110 valence electrons. The highest BCUT2D eigenvalue weighted by Crippen LogP contribution is 2.22. The van der Waals surface area contributed by atoms with Crippen LogP contribution >= 0.6 is 0 Å². The number of hydrogen-bond acceptors (Lipinski definition) is 2. The van der Waals surface area contributed by atoms with Gasteiger partial charge in [-0.3, -0.25) is 9.59 Å². The van der Waals surface area contributed by atoms with Gasteiger partial charge in [0, 0.05) is 5.56 Å². The number of rotatable bonds is 4. The summed E-state index contributed by atoms with van der Waals surface area (Å²) in [5.74, 6) is -0.826. The number of nitrogens with two attached hydrogens (primary N) is 1. The van der Waals surface area contributed by atoms with Gasteiger partial charge in [0.2, 0.25) is 5.91 Å². The lowest BCUT2D eigenvalue weighted by molar-refractivity contribution is -0.120. The van der Waals surface area contributed by atoms with Gasteiger partial charge < -0.3 is 11.1 Å². The first-order valence-corrected chi connectivity index (χ1v) is 6.83. The average molecular weight is 276 g/mol. The van der Waals surface area contributed by atoms with E-state index in [4.69, 9.17) is 5.73 Å². The topological polar surface area (TPSA) is 72.2 Å². The maximum atomic E-state index is 12.1. The maximum absolute atomic E-state index is 12.1. The van der Waals surface area contributed by atoms with Gasteiger partial charge in [0.05, 0.1) is 0 Å². The first-order chi connectivity index (χ1) is 9.12. The Kier molecular flexibility index (Phi) is 4.93. The summed E-state index contributed by atoms with van der Waals surface area (Å²) in [7, 11) is 0. The summed E-state index contributed by atoms with van der Waals surface area (Å²) in [6.45, 7) is 10.0. The zero-order valence-corrected chi connectivity index (χ0v) is 12.9. The third kappa shape index (κ3) is 4.08. The van der Waals surface area contributed by atoms with Crippen molar-refractivity contribution in [3.63, 3.8) is 0 Å². The quantitative estimate of drug-likeness (QED) is 0.885. The third-order valence-electron chi connectivity index (χ3n) is 3.27. The monoisotopic (exact) mass is 276 g/mol. The molecule has 0 spiro atoms. The highest BCUT2D eigenvalue weighted by Gasteiger charge is 2.22. The molecule has 1 aromatic rings. The van der Waals surface area contributed by atoms with Gasteiger partial charge in [-0.2, -0.15) is 0 Å². The van der Waals surface area contributed by atoms with Crippen molar-refractivity contribution in [1.82, 2.24) is 5.32 Å². The van der Waals surface area contributed by atoms with Crippen molar-refractivity contribution in [1.29, 1.82) is 0 Å². The molecule has 0 unspecified atom stereocenters. The van der Waals surface area contributed by atoms with E-state index in [0.717, 1.165) is 5.56 Å². The van der Waals surface area contributed by atoms with Gasteiger partial charge in [0.25, 0.3) is 5.91 Å². The fourth-order valence-electron chi connectivity index (χ4n) is 1.91. The second-order valence-corrected chi connectivity index (χ2v) is 6.42. The molecule has 0 aliphatic carbocycles. The highest BCUT2D eigenvalue weighted by molar-refractivity contribution is 5.97. The minimum atomic E-state index is -0.648. The lowest BCUT2D eigenvalue weighted by Crippen LogP contribution is -2.47. The molecule has 3 N–H and O–H groups in total. The zero-order valence-electron chi connectivity index (χ0n) is 12.9. The molecule has 0 saturated heterocycles. The lowest BCUT2D eigenvalue weighted by Gasteiger charge is -2.20. The zero-order chi connectivity index (χ0) is 15.5. The molecule has 1 aromatic carbocycles. The van der Waals surface area contributed by atoms with Crippen molar-refractivity contribution in [2.24, 2.45) is 11.7 Å². The normalized spacial score (nSPS) is 13.1. The van der Waals surface area contributed by atoms with E-state index in [0.29, 0.717) is 5.56 Å². The Bertz CT molecular complexity index is 484. The number of primary amides is 1. The predicted molar refractivity (Wildman–Crippen MR) is 80.4 cm³/mol. The molecule has 20 heavy (non-hydrogen) atoms. The van der Waals surface area contributed by atoms with Gasteiger partial charge in [0.1, 0.15) is 6.04 Å². The van der Waals surface area contributed by atoms with Crippen LogP contribution in [0.25, 0.3) is 0 Å². The molecule has 0 heterocycles. The Morgan fingerprint density at radius 2 is 1.60 bits per heavy atom. The van der Waals surface area contributed by atoms with E-state index in [2.05, 4.69) is 26.1 Å². The van der Waals surface area contributed by atoms with E-state index in [-0.39, 0.29) is 17.2 Å². The number of hydrogen-bond donors (Lipinski definition) is 2. The first-order valence-electron chi connectivity index (χ1n) is 6.83. The molecular formula is C16H24N2O2. The van der Waals surface area contributed by atoms with Crippen LogP contribution in [0.3, 0.4) is 0 Å². The summed E-state index contributed by atoms with van der Waals surface area (Å²) in [6, 6.07) is 6.76. The maximum Gasteiger partial charge on any atom is 0.251 e. The molecule has 0 aromatic heterocycles. The first kappa shape index (κ1) is 16.2. The molecule has 0 fully saturated rings. The van der Waals surface area contributed by atoms with Crippen LogP contribution in [0.5, 0.6) is 0 Å². The SMILES string of the molecule is CC(C)[C@H](NC(=O)c1ccc(C(C)(C)C)cc1)C(N)=O. The van der Waals surface area contributed by atoms with Crippen LogP contribution in [0, 0.1) is 5.92 Å². The van der Waals surface area contributed by atoms with E-state index >= 15 is 0 Å². The van der Waals surface area contributed by atoms with Gasteiger partial charge in [-0.25, -0.2) is 0 Å². The Labute approximate surface area is 120 Å². The molecule has 0 aliphatic heterocycles. The van der Waals surface area contributed by atoms with Gasteiger partial charge in [-0.1, -0.05) is 46.8 Å². The predicted octanol–water partition coefficient (Wildman–Crippen LogP) is 2.22. The van der Waals surface area contributed by atoms with Crippen molar-refractivity contribution in [3.05, 3.63) is 35.4 Å². The Morgan fingerprint density at radius 1 is 1.10 bits per heavy atom. The van der Waals surface area contributed by atoms with E-state index in [1.165, 1.54) is 0 Å². The van der Waals surface area contributed by atoms with Crippen LogP contribution in [0.1, 0.15) is 50.5 Å². The van der Waals surface area contributed by atoms with Gasteiger partial charge in [-0.05, 0) is 29.0 Å². The highest BCUT2D eigenvalue weighted by atomic mass is 16.2. The van der Waals surface area contributed by atoms with Gasteiger partial charge >= 0.3 is 0 Å². The largest absolute Gasteiger partial charge is 0.368 e. The van der Waals surface area contributed by atoms with Gasteiger partial charge in [0.15, 0.2) is 0 Å². The molecule has 2 amide bonds. The summed E-state index contributed by atoms with van der Waals surface area (Å²) in [4.78, 5) is 23.4. The Hall–Kier alpha value is -1.84. The van der Waals surface area contributed by atoms with E-state index < -0.39 is 11.9 Å². The van der Waals surface area contributed by atoms with Crippen LogP contribution in [0.4, 0.5) is 0 Å². The summed E-state index contributed by atoms with van der Waals surface area (Å²) in [5.41, 5.74) is 7.03. The molecule has 0 radical (unpaired) electrons. The molecule has 0 bridgehead atoms. The minimum Gasteiger partial charge on any atom is -0.368 e. The van der Waals surface area contributed by atoms with Crippen molar-refractivity contribution in [2.75, 3.05) is 0 Å². The number of benzene rings is 1. The lowest BCUT2D eigenvalue weighted by atomic mass is 9.86. The number of carbonyl (C=O) groups excluding carboxylic acids is 2. The second kappa shape index (κ2) is 6.07. The number of nitrogens with one attached hydrogen (secondary N) is 1. The summed E-state index contributed by atoms with van der Waals surface area (Å²) in [5, 5.41) is 2.68. The number of amides is 2. The van der Waals surface area contributed by atoms with Crippen LogP contribution in [-0.2, 0) is 10.2 Å². The number of carbonyl (C=O) groups is 2. The minimum absolute atomic E-state index is 0.0368. The molecular weight excluding hydrogens is 252 g/mol. The van der Waals surface area contributed by atoms with Crippen molar-refractivity contribution in [2.45, 2.75) is 46.1 Å². The molecule has 1 rings (SSSR count). The smallest absolute Gasteiger partial charge is 0.251 e. The fraction of sp³-hybridized carbons (Fsp3) is 0.500. The Morgan fingerprint density at radius 3 is 1.95 bits per heavy atom. The standard InChI is InChI=1S/C16H24N2O2/c1-10(2)13(14(17)19)18-15(20)11-6-8-12(9-7-11)16(3,4)5/h6-10,13H,1-5H3,(H2,17,19)(H,18,20)/t13-/m0/s1. The van der Waals surface area contributed by atoms with Crippen molar-refractivity contribution >= 4 is 11.8 Å². The van der Waals surface area contributed by atoms with Crippen LogP contribution in [0.15, 0.2) is 24.3 Å². The molecule has 0 saturated carbocycles. The van der Waals surface area contributed by atoms with E-state index in [9.17, 15) is 9.59 Å². The van der Waals surface area contributed by atoms with Crippen molar-refractivity contribution < 1.29 is 9.59 Å². The molecule has 4 nitrogen and oxygen atoms in total. The van der Waals surface area contributed by atoms with Crippen LogP contribution < -0.4 is 11.1 Å². The molecule has 0 aliphatic rings. The summed E-state index contributed by atoms with van der Waals surface area (Å²) >= 11 is 0. The summed E-state index contributed by atoms with van der Waals surface area (Å²) < 4.78 is 0. The van der Waals surface area contributed by atoms with E-state index in [1.807, 2.05) is 26.0 Å². The average Bonchev–Trinajstić information content (AvgIpc) is 2.34. The van der Waals surface area contributed by atoms with Crippen LogP contribution in [-0.4, -0.2) is 17.9 Å². The van der Waals surface area contributed by atoms with Gasteiger partial charge in [-0.15, -0.1) is 0 Å². The van der Waals surface area contributed by atoms with Crippen LogP contribution in [0.2, 0.25) is 0 Å². The molecule has 4 heteroatoms. The fourth-order valence-corrected chi connectivity index (χ4v) is 1.91.